The lowest BCUT2D eigenvalue weighted by Crippen LogP contribution is -2.52. The maximum atomic E-state index is 12.0. The Hall–Kier alpha value is -1.26. The zero-order valence-corrected chi connectivity index (χ0v) is 11.7. The number of hydrogen-bond donors (Lipinski definition) is 2. The van der Waals surface area contributed by atoms with Crippen molar-refractivity contribution in [1.82, 2.24) is 10.2 Å². The molecule has 19 heavy (non-hydrogen) atoms. The average molecular weight is 268 g/mol. The van der Waals surface area contributed by atoms with Gasteiger partial charge in [0.1, 0.15) is 0 Å². The van der Waals surface area contributed by atoms with Crippen molar-refractivity contribution in [3.63, 3.8) is 0 Å². The first kappa shape index (κ1) is 14.2. The molecule has 0 spiro atoms. The number of aliphatic carboxylic acids is 1. The van der Waals surface area contributed by atoms with E-state index in [0.717, 1.165) is 19.3 Å². The normalized spacial score (nSPS) is 22.7. The van der Waals surface area contributed by atoms with Crippen LogP contribution in [0.25, 0.3) is 0 Å². The van der Waals surface area contributed by atoms with Crippen LogP contribution < -0.4 is 5.32 Å². The van der Waals surface area contributed by atoms with E-state index >= 15 is 0 Å². The molecule has 1 aliphatic heterocycles. The summed E-state index contributed by atoms with van der Waals surface area (Å²) in [5.74, 6) is -0.701. The van der Waals surface area contributed by atoms with Crippen molar-refractivity contribution >= 4 is 12.0 Å². The molecular weight excluding hydrogens is 244 g/mol. The number of amides is 2. The number of carbonyl (C=O) groups is 2. The van der Waals surface area contributed by atoms with E-state index < -0.39 is 11.4 Å². The van der Waals surface area contributed by atoms with Gasteiger partial charge in [-0.05, 0) is 38.5 Å². The molecule has 0 aromatic heterocycles. The summed E-state index contributed by atoms with van der Waals surface area (Å²) in [5, 5.41) is 12.4. The Morgan fingerprint density at radius 3 is 2.37 bits per heavy atom. The lowest BCUT2D eigenvalue weighted by Gasteiger charge is -2.39. The fraction of sp³-hybridized carbons (Fsp3) is 0.857. The van der Waals surface area contributed by atoms with Crippen LogP contribution in [-0.4, -0.2) is 41.1 Å². The van der Waals surface area contributed by atoms with Crippen molar-refractivity contribution in [2.24, 2.45) is 5.41 Å². The Morgan fingerprint density at radius 1 is 1.32 bits per heavy atom. The molecule has 2 N–H and O–H groups in total. The first-order valence-corrected chi connectivity index (χ1v) is 7.36. The molecule has 0 unspecified atom stereocenters. The van der Waals surface area contributed by atoms with E-state index in [9.17, 15) is 14.7 Å². The summed E-state index contributed by atoms with van der Waals surface area (Å²) in [6.45, 7) is 3.13. The van der Waals surface area contributed by atoms with E-state index in [1.54, 1.807) is 4.90 Å². The SMILES string of the molecule is CCCC1(C(=O)O)CCN(C(=O)NC2CCC2)CC1. The highest BCUT2D eigenvalue weighted by molar-refractivity contribution is 5.77. The number of piperidine rings is 1. The molecule has 2 amide bonds. The average Bonchev–Trinajstić information content (AvgIpc) is 2.34. The standard InChI is InChI=1S/C14H24N2O3/c1-2-6-14(12(17)18)7-9-16(10-8-14)13(19)15-11-4-3-5-11/h11H,2-10H2,1H3,(H,15,19)(H,17,18). The molecule has 0 bridgehead atoms. The number of carboxylic acids is 1. The first-order valence-electron chi connectivity index (χ1n) is 7.36. The van der Waals surface area contributed by atoms with Gasteiger partial charge in [-0.15, -0.1) is 0 Å². The third-order valence-corrected chi connectivity index (χ3v) is 4.62. The topological polar surface area (TPSA) is 69.6 Å². The molecule has 0 aromatic carbocycles. The number of urea groups is 1. The van der Waals surface area contributed by atoms with Gasteiger partial charge in [-0.3, -0.25) is 4.79 Å². The summed E-state index contributed by atoms with van der Waals surface area (Å²) in [4.78, 5) is 25.2. The number of likely N-dealkylation sites (tertiary alicyclic amines) is 1. The Morgan fingerprint density at radius 2 is 1.95 bits per heavy atom. The third kappa shape index (κ3) is 3.01. The van der Waals surface area contributed by atoms with E-state index in [2.05, 4.69) is 5.32 Å². The van der Waals surface area contributed by atoms with Crippen LogP contribution in [0.5, 0.6) is 0 Å². The van der Waals surface area contributed by atoms with Crippen LogP contribution in [0, 0.1) is 5.41 Å². The fourth-order valence-corrected chi connectivity index (χ4v) is 3.01. The van der Waals surface area contributed by atoms with Crippen molar-refractivity contribution < 1.29 is 14.7 Å². The second kappa shape index (κ2) is 5.80. The second-order valence-corrected chi connectivity index (χ2v) is 5.90. The maximum absolute atomic E-state index is 12.0. The van der Waals surface area contributed by atoms with E-state index in [4.69, 9.17) is 0 Å². The minimum atomic E-state index is -0.701. The van der Waals surface area contributed by atoms with Gasteiger partial charge in [0.15, 0.2) is 0 Å². The molecular formula is C14H24N2O3. The minimum absolute atomic E-state index is 0.0137. The van der Waals surface area contributed by atoms with Crippen molar-refractivity contribution in [3.05, 3.63) is 0 Å². The zero-order chi connectivity index (χ0) is 13.9. The number of nitrogens with zero attached hydrogens (tertiary/aromatic N) is 1. The van der Waals surface area contributed by atoms with Gasteiger partial charge in [0.2, 0.25) is 0 Å². The molecule has 5 heteroatoms. The number of carboxylic acid groups (broad SMARTS) is 1. The summed E-state index contributed by atoms with van der Waals surface area (Å²) < 4.78 is 0. The van der Waals surface area contributed by atoms with Crippen molar-refractivity contribution in [2.75, 3.05) is 13.1 Å². The Bertz CT molecular complexity index is 345. The Labute approximate surface area is 114 Å². The highest BCUT2D eigenvalue weighted by Crippen LogP contribution is 2.36. The molecule has 2 rings (SSSR count). The zero-order valence-electron chi connectivity index (χ0n) is 11.7. The predicted octanol–water partition coefficient (Wildman–Crippen LogP) is 2.22. The van der Waals surface area contributed by atoms with Crippen LogP contribution in [0.1, 0.15) is 51.9 Å². The number of rotatable bonds is 4. The fourth-order valence-electron chi connectivity index (χ4n) is 3.01. The smallest absolute Gasteiger partial charge is 0.317 e. The van der Waals surface area contributed by atoms with Gasteiger partial charge in [-0.25, -0.2) is 4.79 Å². The molecule has 5 nitrogen and oxygen atoms in total. The highest BCUT2D eigenvalue weighted by atomic mass is 16.4. The van der Waals surface area contributed by atoms with Gasteiger partial charge in [0.25, 0.3) is 0 Å². The molecule has 1 saturated carbocycles. The van der Waals surface area contributed by atoms with Gasteiger partial charge < -0.3 is 15.3 Å². The molecule has 2 fully saturated rings. The molecule has 108 valence electrons. The van der Waals surface area contributed by atoms with Crippen LogP contribution in [0.4, 0.5) is 4.79 Å². The van der Waals surface area contributed by atoms with Crippen LogP contribution in [-0.2, 0) is 4.79 Å². The predicted molar refractivity (Wildman–Crippen MR) is 72.0 cm³/mol. The minimum Gasteiger partial charge on any atom is -0.481 e. The molecule has 0 radical (unpaired) electrons. The van der Waals surface area contributed by atoms with Crippen LogP contribution in [0.15, 0.2) is 0 Å². The molecule has 0 aromatic rings. The maximum Gasteiger partial charge on any atom is 0.317 e. The van der Waals surface area contributed by atoms with Crippen LogP contribution >= 0.6 is 0 Å². The first-order chi connectivity index (χ1) is 9.07. The summed E-state index contributed by atoms with van der Waals surface area (Å²) in [5.41, 5.74) is -0.609. The number of nitrogens with one attached hydrogen (secondary N) is 1. The summed E-state index contributed by atoms with van der Waals surface area (Å²) in [6, 6.07) is 0.328. The lowest BCUT2D eigenvalue weighted by atomic mass is 9.75. The van der Waals surface area contributed by atoms with E-state index in [1.165, 1.54) is 6.42 Å². The van der Waals surface area contributed by atoms with E-state index in [-0.39, 0.29) is 6.03 Å². The quantitative estimate of drug-likeness (QED) is 0.821. The monoisotopic (exact) mass is 268 g/mol. The molecule has 1 heterocycles. The van der Waals surface area contributed by atoms with Crippen molar-refractivity contribution in [1.29, 1.82) is 0 Å². The highest BCUT2D eigenvalue weighted by Gasteiger charge is 2.41. The van der Waals surface area contributed by atoms with Gasteiger partial charge in [-0.1, -0.05) is 13.3 Å². The van der Waals surface area contributed by atoms with Crippen molar-refractivity contribution in [2.45, 2.75) is 57.9 Å². The Balaban J connectivity index is 1.86. The van der Waals surface area contributed by atoms with E-state index in [0.29, 0.717) is 38.4 Å². The summed E-state index contributed by atoms with van der Waals surface area (Å²) >= 11 is 0. The summed E-state index contributed by atoms with van der Waals surface area (Å²) in [6.07, 6.45) is 6.09. The summed E-state index contributed by atoms with van der Waals surface area (Å²) in [7, 11) is 0. The van der Waals surface area contributed by atoms with Gasteiger partial charge in [0, 0.05) is 19.1 Å². The molecule has 2 aliphatic rings. The van der Waals surface area contributed by atoms with Gasteiger partial charge in [0.05, 0.1) is 5.41 Å². The number of hydrogen-bond acceptors (Lipinski definition) is 2. The lowest BCUT2D eigenvalue weighted by molar-refractivity contribution is -0.152. The van der Waals surface area contributed by atoms with E-state index in [1.807, 2.05) is 6.92 Å². The second-order valence-electron chi connectivity index (χ2n) is 5.90. The largest absolute Gasteiger partial charge is 0.481 e. The van der Waals surface area contributed by atoms with Crippen molar-refractivity contribution in [3.8, 4) is 0 Å². The molecule has 1 saturated heterocycles. The van der Waals surface area contributed by atoms with Crippen LogP contribution in [0.3, 0.4) is 0 Å². The van der Waals surface area contributed by atoms with Gasteiger partial charge in [-0.2, -0.15) is 0 Å². The van der Waals surface area contributed by atoms with Crippen LogP contribution in [0.2, 0.25) is 0 Å². The third-order valence-electron chi connectivity index (χ3n) is 4.62. The number of carbonyl (C=O) groups excluding carboxylic acids is 1. The molecule has 0 atom stereocenters. The van der Waals surface area contributed by atoms with Gasteiger partial charge >= 0.3 is 12.0 Å². The molecule has 1 aliphatic carbocycles. The Kier molecular flexibility index (Phi) is 4.32.